The van der Waals surface area contributed by atoms with Crippen LogP contribution in [0.25, 0.3) is 0 Å². The Labute approximate surface area is 81.9 Å². The number of likely N-dealkylation sites (tertiary alicyclic amines) is 1. The minimum absolute atomic E-state index is 0.299. The molecule has 0 aromatic rings. The van der Waals surface area contributed by atoms with E-state index in [1.807, 2.05) is 6.92 Å². The molecule has 0 spiro atoms. The Bertz CT molecular complexity index is 181. The number of hydrogen-bond acceptors (Lipinski definition) is 2. The molecule has 1 saturated heterocycles. The van der Waals surface area contributed by atoms with Crippen LogP contribution in [0.3, 0.4) is 0 Å². The molecule has 1 aliphatic heterocycles. The van der Waals surface area contributed by atoms with Crippen molar-refractivity contribution in [2.75, 3.05) is 13.6 Å². The molecule has 0 aliphatic carbocycles. The van der Waals surface area contributed by atoms with Crippen molar-refractivity contribution in [1.82, 2.24) is 4.90 Å². The van der Waals surface area contributed by atoms with E-state index in [1.54, 1.807) is 0 Å². The van der Waals surface area contributed by atoms with E-state index in [4.69, 9.17) is 0 Å². The predicted molar refractivity (Wildman–Crippen MR) is 55.7 cm³/mol. The molecule has 1 aliphatic rings. The first-order chi connectivity index (χ1) is 5.72. The fourth-order valence-electron chi connectivity index (χ4n) is 2.16. The summed E-state index contributed by atoms with van der Waals surface area (Å²) in [6.07, 6.45) is 1.97. The highest BCUT2D eigenvalue weighted by molar-refractivity contribution is 4.97. The molecule has 2 atom stereocenters. The van der Waals surface area contributed by atoms with Crippen LogP contribution in [0.15, 0.2) is 0 Å². The zero-order chi connectivity index (χ0) is 10.3. The molecule has 1 rings (SSSR count). The molecule has 0 aromatic heterocycles. The van der Waals surface area contributed by atoms with Crippen LogP contribution >= 0.6 is 0 Å². The minimum Gasteiger partial charge on any atom is -0.388 e. The average Bonchev–Trinajstić information content (AvgIpc) is 2.13. The van der Waals surface area contributed by atoms with Crippen LogP contribution in [-0.4, -0.2) is 35.2 Å². The van der Waals surface area contributed by atoms with Crippen molar-refractivity contribution in [2.45, 2.75) is 52.2 Å². The van der Waals surface area contributed by atoms with Gasteiger partial charge < -0.3 is 10.0 Å². The van der Waals surface area contributed by atoms with Gasteiger partial charge in [0.1, 0.15) is 0 Å². The molecule has 78 valence electrons. The van der Waals surface area contributed by atoms with Crippen LogP contribution in [0.4, 0.5) is 0 Å². The molecule has 0 radical (unpaired) electrons. The fourth-order valence-corrected chi connectivity index (χ4v) is 2.16. The topological polar surface area (TPSA) is 23.5 Å². The van der Waals surface area contributed by atoms with Crippen molar-refractivity contribution in [3.8, 4) is 0 Å². The van der Waals surface area contributed by atoms with Gasteiger partial charge in [-0.1, -0.05) is 20.8 Å². The third-order valence-electron chi connectivity index (χ3n) is 3.03. The molecular formula is C11H23NO. The summed E-state index contributed by atoms with van der Waals surface area (Å²) in [5.74, 6) is 0. The molecule has 0 bridgehead atoms. The first-order valence-electron chi connectivity index (χ1n) is 5.15. The Kier molecular flexibility index (Phi) is 2.75. The summed E-state index contributed by atoms with van der Waals surface area (Å²) in [6.45, 7) is 9.68. The molecule has 1 heterocycles. The standard InChI is InChI=1S/C11H23NO/c1-10(2,3)8-9-11(4,13)6-7-12(9)5/h9,13H,6-8H2,1-5H3/t9-,11+/m0/s1. The van der Waals surface area contributed by atoms with E-state index in [9.17, 15) is 5.11 Å². The maximum atomic E-state index is 10.1. The van der Waals surface area contributed by atoms with Gasteiger partial charge in [-0.05, 0) is 32.2 Å². The van der Waals surface area contributed by atoms with Gasteiger partial charge in [-0.3, -0.25) is 0 Å². The van der Waals surface area contributed by atoms with Crippen LogP contribution in [0.2, 0.25) is 0 Å². The molecule has 0 saturated carbocycles. The smallest absolute Gasteiger partial charge is 0.0786 e. The number of aliphatic hydroxyl groups is 1. The summed E-state index contributed by atoms with van der Waals surface area (Å²) in [6, 6.07) is 0.326. The van der Waals surface area contributed by atoms with Gasteiger partial charge >= 0.3 is 0 Å². The van der Waals surface area contributed by atoms with Gasteiger partial charge in [-0.2, -0.15) is 0 Å². The average molecular weight is 185 g/mol. The molecule has 2 heteroatoms. The first kappa shape index (κ1) is 11.0. The summed E-state index contributed by atoms with van der Waals surface area (Å²) < 4.78 is 0. The highest BCUT2D eigenvalue weighted by Crippen LogP contribution is 2.35. The van der Waals surface area contributed by atoms with Gasteiger partial charge in [-0.15, -0.1) is 0 Å². The van der Waals surface area contributed by atoms with E-state index in [2.05, 4.69) is 32.7 Å². The number of nitrogens with zero attached hydrogens (tertiary/aromatic N) is 1. The molecule has 0 aromatic carbocycles. The summed E-state index contributed by atoms with van der Waals surface area (Å²) in [7, 11) is 2.11. The lowest BCUT2D eigenvalue weighted by atomic mass is 9.82. The Morgan fingerprint density at radius 2 is 2.00 bits per heavy atom. The quantitative estimate of drug-likeness (QED) is 0.674. The van der Waals surface area contributed by atoms with Crippen molar-refractivity contribution < 1.29 is 5.11 Å². The summed E-state index contributed by atoms with van der Waals surface area (Å²) in [5, 5.41) is 10.1. The second-order valence-electron chi connectivity index (χ2n) is 5.87. The van der Waals surface area contributed by atoms with Crippen LogP contribution in [-0.2, 0) is 0 Å². The highest BCUT2D eigenvalue weighted by Gasteiger charge is 2.42. The first-order valence-corrected chi connectivity index (χ1v) is 5.15. The Morgan fingerprint density at radius 3 is 2.31 bits per heavy atom. The number of likely N-dealkylation sites (N-methyl/N-ethyl adjacent to an activating group) is 1. The zero-order valence-corrected chi connectivity index (χ0v) is 9.59. The van der Waals surface area contributed by atoms with E-state index in [1.165, 1.54) is 0 Å². The van der Waals surface area contributed by atoms with Gasteiger partial charge in [-0.25, -0.2) is 0 Å². The largest absolute Gasteiger partial charge is 0.388 e. The second kappa shape index (κ2) is 3.25. The van der Waals surface area contributed by atoms with E-state index in [0.717, 1.165) is 19.4 Å². The predicted octanol–water partition coefficient (Wildman–Crippen LogP) is 1.88. The Hall–Kier alpha value is -0.0800. The van der Waals surface area contributed by atoms with E-state index in [-0.39, 0.29) is 0 Å². The number of hydrogen-bond donors (Lipinski definition) is 1. The van der Waals surface area contributed by atoms with Gasteiger partial charge in [0.15, 0.2) is 0 Å². The number of rotatable bonds is 1. The van der Waals surface area contributed by atoms with Gasteiger partial charge in [0.05, 0.1) is 5.60 Å². The fraction of sp³-hybridized carbons (Fsp3) is 1.00. The van der Waals surface area contributed by atoms with Crippen molar-refractivity contribution in [3.63, 3.8) is 0 Å². The van der Waals surface area contributed by atoms with E-state index in [0.29, 0.717) is 11.5 Å². The van der Waals surface area contributed by atoms with Crippen molar-refractivity contribution >= 4 is 0 Å². The zero-order valence-electron chi connectivity index (χ0n) is 9.59. The van der Waals surface area contributed by atoms with Gasteiger partial charge in [0, 0.05) is 12.6 Å². The van der Waals surface area contributed by atoms with Crippen molar-refractivity contribution in [2.24, 2.45) is 5.41 Å². The van der Waals surface area contributed by atoms with Crippen LogP contribution in [0.5, 0.6) is 0 Å². The lowest BCUT2D eigenvalue weighted by Gasteiger charge is -2.34. The van der Waals surface area contributed by atoms with Crippen LogP contribution in [0.1, 0.15) is 40.5 Å². The Balaban J connectivity index is 2.66. The monoisotopic (exact) mass is 185 g/mol. The maximum absolute atomic E-state index is 10.1. The molecule has 1 N–H and O–H groups in total. The van der Waals surface area contributed by atoms with Crippen molar-refractivity contribution in [1.29, 1.82) is 0 Å². The normalized spacial score (nSPS) is 36.9. The summed E-state index contributed by atoms with van der Waals surface area (Å²) >= 11 is 0. The molecule has 2 nitrogen and oxygen atoms in total. The molecular weight excluding hydrogens is 162 g/mol. The second-order valence-corrected chi connectivity index (χ2v) is 5.87. The third kappa shape index (κ3) is 2.68. The van der Waals surface area contributed by atoms with Crippen LogP contribution in [0, 0.1) is 5.41 Å². The van der Waals surface area contributed by atoms with Gasteiger partial charge in [0.25, 0.3) is 0 Å². The maximum Gasteiger partial charge on any atom is 0.0786 e. The minimum atomic E-state index is -0.484. The van der Waals surface area contributed by atoms with E-state index >= 15 is 0 Å². The molecule has 13 heavy (non-hydrogen) atoms. The lowest BCUT2D eigenvalue weighted by molar-refractivity contribution is 0.00907. The molecule has 1 fully saturated rings. The third-order valence-corrected chi connectivity index (χ3v) is 3.03. The van der Waals surface area contributed by atoms with E-state index < -0.39 is 5.60 Å². The van der Waals surface area contributed by atoms with Crippen LogP contribution < -0.4 is 0 Å². The molecule has 0 amide bonds. The SMILES string of the molecule is CN1CC[C@@](C)(O)[C@@H]1CC(C)(C)C. The highest BCUT2D eigenvalue weighted by atomic mass is 16.3. The summed E-state index contributed by atoms with van der Waals surface area (Å²) in [5.41, 5.74) is -0.185. The Morgan fingerprint density at radius 1 is 1.46 bits per heavy atom. The van der Waals surface area contributed by atoms with Crippen molar-refractivity contribution in [3.05, 3.63) is 0 Å². The van der Waals surface area contributed by atoms with Gasteiger partial charge in [0.2, 0.25) is 0 Å². The molecule has 0 unspecified atom stereocenters. The summed E-state index contributed by atoms with van der Waals surface area (Å²) in [4.78, 5) is 2.28. The lowest BCUT2D eigenvalue weighted by Crippen LogP contribution is -2.43.